The lowest BCUT2D eigenvalue weighted by Gasteiger charge is -2.24. The van der Waals surface area contributed by atoms with Crippen molar-refractivity contribution in [2.45, 2.75) is 19.1 Å². The van der Waals surface area contributed by atoms with Crippen LogP contribution in [0, 0.1) is 5.82 Å². The van der Waals surface area contributed by atoms with Crippen molar-refractivity contribution >= 4 is 29.0 Å². The first-order valence-electron chi connectivity index (χ1n) is 7.64. The van der Waals surface area contributed by atoms with Crippen molar-refractivity contribution < 1.29 is 32.4 Å². The van der Waals surface area contributed by atoms with Crippen molar-refractivity contribution in [2.24, 2.45) is 5.73 Å². The number of halogens is 4. The first kappa shape index (κ1) is 19.1. The topological polar surface area (TPSA) is 86.9 Å². The van der Waals surface area contributed by atoms with Gasteiger partial charge in [-0.25, -0.2) is 9.18 Å². The van der Waals surface area contributed by atoms with Gasteiger partial charge in [0, 0.05) is 11.4 Å². The maximum atomic E-state index is 13.9. The highest BCUT2D eigenvalue weighted by Gasteiger charge is 2.33. The van der Waals surface area contributed by atoms with Gasteiger partial charge in [0.25, 0.3) is 5.91 Å². The monoisotopic (exact) mass is 403 g/mol. The van der Waals surface area contributed by atoms with E-state index in [2.05, 4.69) is 0 Å². The number of hydrogen-bond donors (Lipinski definition) is 2. The van der Waals surface area contributed by atoms with E-state index in [4.69, 9.17) is 5.73 Å². The molecule has 11 heteroatoms. The van der Waals surface area contributed by atoms with Gasteiger partial charge in [0.1, 0.15) is 11.5 Å². The van der Waals surface area contributed by atoms with Gasteiger partial charge in [-0.15, -0.1) is 11.3 Å². The number of thiophene rings is 1. The zero-order chi connectivity index (χ0) is 19.9. The van der Waals surface area contributed by atoms with Crippen LogP contribution in [-0.2, 0) is 19.1 Å². The summed E-state index contributed by atoms with van der Waals surface area (Å²) < 4.78 is 52.3. The second kappa shape index (κ2) is 6.82. The molecule has 27 heavy (non-hydrogen) atoms. The van der Waals surface area contributed by atoms with E-state index in [0.29, 0.717) is 36.0 Å². The zero-order valence-corrected chi connectivity index (χ0v) is 14.4. The highest BCUT2D eigenvalue weighted by Crippen LogP contribution is 2.34. The second-order valence-electron chi connectivity index (χ2n) is 5.85. The number of primary amides is 1. The van der Waals surface area contributed by atoms with Crippen molar-refractivity contribution in [3.63, 3.8) is 0 Å². The molecule has 3 N–H and O–H groups in total. The third kappa shape index (κ3) is 3.74. The summed E-state index contributed by atoms with van der Waals surface area (Å²) >= 11 is 0.958. The van der Waals surface area contributed by atoms with Crippen LogP contribution in [0.15, 0.2) is 24.3 Å². The number of nitrogens with two attached hydrogens (primary N) is 1. The summed E-state index contributed by atoms with van der Waals surface area (Å²) in [5.74, 6) is -2.25. The third-order valence-electron chi connectivity index (χ3n) is 4.10. The molecule has 1 aliphatic rings. The predicted molar refractivity (Wildman–Crippen MR) is 88.0 cm³/mol. The molecule has 0 aliphatic carbocycles. The Morgan fingerprint density at radius 3 is 2.59 bits per heavy atom. The van der Waals surface area contributed by atoms with Crippen LogP contribution < -0.4 is 10.8 Å². The number of carbonyl (C=O) groups is 2. The Bertz CT molecular complexity index is 913. The number of fused-ring (bicyclic) bond motifs is 1. The zero-order valence-electron chi connectivity index (χ0n) is 13.6. The average molecular weight is 403 g/mol. The first-order valence-corrected chi connectivity index (χ1v) is 8.45. The SMILES string of the molecule is NC(=O)N1CCc2cc(C(=O)N(O)c3cc(C(F)(F)F)ccc3F)sc2C1. The Balaban J connectivity index is 1.88. The maximum absolute atomic E-state index is 13.9. The van der Waals surface area contributed by atoms with E-state index >= 15 is 0 Å². The molecule has 144 valence electrons. The first-order chi connectivity index (χ1) is 12.6. The quantitative estimate of drug-likeness (QED) is 0.458. The number of alkyl halides is 3. The minimum Gasteiger partial charge on any atom is -0.351 e. The summed E-state index contributed by atoms with van der Waals surface area (Å²) in [6, 6.07) is 2.25. The van der Waals surface area contributed by atoms with Crippen LogP contribution in [0.4, 0.5) is 28.0 Å². The molecule has 3 rings (SSSR count). The van der Waals surface area contributed by atoms with Gasteiger partial charge in [0.05, 0.1) is 17.0 Å². The van der Waals surface area contributed by atoms with E-state index in [0.717, 1.165) is 16.9 Å². The summed E-state index contributed by atoms with van der Waals surface area (Å²) in [5.41, 5.74) is 3.88. The molecule has 1 aliphatic heterocycles. The average Bonchev–Trinajstić information content (AvgIpc) is 3.02. The molecule has 2 aromatic rings. The number of benzene rings is 1. The highest BCUT2D eigenvalue weighted by molar-refractivity contribution is 7.14. The van der Waals surface area contributed by atoms with Gasteiger partial charge < -0.3 is 10.6 Å². The number of rotatable bonds is 2. The molecule has 0 fully saturated rings. The van der Waals surface area contributed by atoms with Gasteiger partial charge in [0.15, 0.2) is 0 Å². The van der Waals surface area contributed by atoms with Crippen molar-refractivity contribution in [1.82, 2.24) is 4.90 Å². The summed E-state index contributed by atoms with van der Waals surface area (Å²) in [6.07, 6.45) is -4.32. The minimum atomic E-state index is -4.76. The number of carbonyl (C=O) groups excluding carboxylic acids is 2. The van der Waals surface area contributed by atoms with Crippen molar-refractivity contribution in [2.75, 3.05) is 11.6 Å². The lowest BCUT2D eigenvalue weighted by molar-refractivity contribution is -0.137. The number of nitrogens with zero attached hydrogens (tertiary/aromatic N) is 2. The van der Waals surface area contributed by atoms with Gasteiger partial charge in [-0.05, 0) is 36.2 Å². The molecule has 3 amide bonds. The molecular weight excluding hydrogens is 390 g/mol. The molecule has 0 saturated carbocycles. The Kier molecular flexibility index (Phi) is 4.82. The van der Waals surface area contributed by atoms with Gasteiger partial charge in [-0.3, -0.25) is 10.0 Å². The molecule has 1 aromatic carbocycles. The molecule has 1 aromatic heterocycles. The lowest BCUT2D eigenvalue weighted by Crippen LogP contribution is -2.38. The fraction of sp³-hybridized carbons (Fsp3) is 0.250. The van der Waals surface area contributed by atoms with Gasteiger partial charge >= 0.3 is 12.2 Å². The van der Waals surface area contributed by atoms with Crippen LogP contribution in [-0.4, -0.2) is 28.6 Å². The number of amides is 3. The predicted octanol–water partition coefficient (Wildman–Crippen LogP) is 3.38. The Hall–Kier alpha value is -2.66. The Morgan fingerprint density at radius 2 is 1.96 bits per heavy atom. The van der Waals surface area contributed by atoms with Crippen molar-refractivity contribution in [3.05, 3.63) is 51.0 Å². The fourth-order valence-electron chi connectivity index (χ4n) is 2.68. The number of urea groups is 1. The lowest BCUT2D eigenvalue weighted by atomic mass is 10.1. The van der Waals surface area contributed by atoms with E-state index in [-0.39, 0.29) is 16.5 Å². The molecule has 0 spiro atoms. The Morgan fingerprint density at radius 1 is 1.26 bits per heavy atom. The van der Waals surface area contributed by atoms with E-state index < -0.39 is 35.2 Å². The van der Waals surface area contributed by atoms with E-state index in [1.807, 2.05) is 0 Å². The summed E-state index contributed by atoms with van der Waals surface area (Å²) in [4.78, 5) is 25.7. The number of hydrogen-bond acceptors (Lipinski definition) is 4. The summed E-state index contributed by atoms with van der Waals surface area (Å²) in [5, 5.41) is 9.87. The normalized spacial score (nSPS) is 14.0. The van der Waals surface area contributed by atoms with E-state index in [1.165, 1.54) is 11.0 Å². The molecule has 2 heterocycles. The van der Waals surface area contributed by atoms with Crippen LogP contribution in [0.1, 0.15) is 25.7 Å². The maximum Gasteiger partial charge on any atom is 0.416 e. The number of anilines is 1. The molecule has 0 saturated heterocycles. The Labute approximate surface area is 154 Å². The third-order valence-corrected chi connectivity index (χ3v) is 5.25. The van der Waals surface area contributed by atoms with Crippen molar-refractivity contribution in [3.8, 4) is 0 Å². The van der Waals surface area contributed by atoms with Crippen LogP contribution in [0.2, 0.25) is 0 Å². The van der Waals surface area contributed by atoms with Crippen LogP contribution in [0.3, 0.4) is 0 Å². The minimum absolute atomic E-state index is 0.00521. The van der Waals surface area contributed by atoms with Crippen LogP contribution >= 0.6 is 11.3 Å². The van der Waals surface area contributed by atoms with Gasteiger partial charge in [0.2, 0.25) is 0 Å². The fourth-order valence-corrected chi connectivity index (χ4v) is 3.83. The standard InChI is InChI=1S/C16H13F4N3O3S/c17-10-2-1-9(16(18,19)20)6-11(10)23(26)14(24)12-5-8-3-4-22(15(21)25)7-13(8)27-12/h1-2,5-6,26H,3-4,7H2,(H2,21,25). The largest absolute Gasteiger partial charge is 0.416 e. The molecule has 0 bridgehead atoms. The van der Waals surface area contributed by atoms with Crippen molar-refractivity contribution in [1.29, 1.82) is 0 Å². The summed E-state index contributed by atoms with van der Waals surface area (Å²) in [6.45, 7) is 0.545. The van der Waals surface area contributed by atoms with E-state index in [9.17, 15) is 32.4 Å². The second-order valence-corrected chi connectivity index (χ2v) is 6.99. The van der Waals surface area contributed by atoms with E-state index in [1.54, 1.807) is 0 Å². The molecular formula is C16H13F4N3O3S. The van der Waals surface area contributed by atoms with Crippen LogP contribution in [0.5, 0.6) is 0 Å². The van der Waals surface area contributed by atoms with Gasteiger partial charge in [-0.1, -0.05) is 0 Å². The molecule has 0 unspecified atom stereocenters. The smallest absolute Gasteiger partial charge is 0.351 e. The number of hydroxylamine groups is 1. The molecule has 6 nitrogen and oxygen atoms in total. The molecule has 0 atom stereocenters. The summed E-state index contributed by atoms with van der Waals surface area (Å²) in [7, 11) is 0. The highest BCUT2D eigenvalue weighted by atomic mass is 32.1. The van der Waals surface area contributed by atoms with Gasteiger partial charge in [-0.2, -0.15) is 18.2 Å². The van der Waals surface area contributed by atoms with Crippen LogP contribution in [0.25, 0.3) is 0 Å². The molecule has 0 radical (unpaired) electrons.